The zero-order valence-electron chi connectivity index (χ0n) is 38.8. The molecule has 2 aliphatic rings. The predicted molar refractivity (Wildman–Crippen MR) is 247 cm³/mol. The molecule has 5 amide bonds. The summed E-state index contributed by atoms with van der Waals surface area (Å²) in [6.45, 7) is 9.58. The van der Waals surface area contributed by atoms with Crippen LogP contribution in [0.2, 0.25) is 0 Å². The number of benzene rings is 3. The molecule has 0 spiro atoms. The Kier molecular flexibility index (Phi) is 18.2. The lowest BCUT2D eigenvalue weighted by Gasteiger charge is -2.39. The number of nitrogens with one attached hydrogen (secondary N) is 2. The first-order chi connectivity index (χ1) is 30.6. The molecule has 348 valence electrons. The summed E-state index contributed by atoms with van der Waals surface area (Å²) in [5, 5.41) is 2.76. The van der Waals surface area contributed by atoms with E-state index in [-0.39, 0.29) is 54.9 Å². The van der Waals surface area contributed by atoms with Crippen LogP contribution in [0.1, 0.15) is 82.9 Å². The molecule has 1 aliphatic carbocycles. The lowest BCUT2D eigenvalue weighted by Crippen LogP contribution is -2.56. The molecule has 15 heteroatoms. The highest BCUT2D eigenvalue weighted by Crippen LogP contribution is 2.44. The Bertz CT molecular complexity index is 2010. The van der Waals surface area contributed by atoms with Crippen molar-refractivity contribution in [3.63, 3.8) is 0 Å². The van der Waals surface area contributed by atoms with E-state index >= 15 is 0 Å². The fourth-order valence-electron chi connectivity index (χ4n) is 9.42. The third-order valence-corrected chi connectivity index (χ3v) is 14.0. The molecule has 5 rings (SSSR count). The quantitative estimate of drug-likeness (QED) is 0.124. The maximum absolute atomic E-state index is 14.2. The van der Waals surface area contributed by atoms with Crippen molar-refractivity contribution >= 4 is 41.1 Å². The van der Waals surface area contributed by atoms with Gasteiger partial charge in [-0.2, -0.15) is 4.72 Å². The third-order valence-electron chi connectivity index (χ3n) is 13.0. The molecule has 2 N–H and O–H groups in total. The topological polar surface area (TPSA) is 170 Å². The predicted octanol–water partition coefficient (Wildman–Crippen LogP) is 5.91. The number of likely N-dealkylation sites (N-methyl/N-ethyl adjacent to an activating group) is 2. The molecule has 0 saturated carbocycles. The van der Waals surface area contributed by atoms with Crippen molar-refractivity contribution in [2.75, 3.05) is 48.0 Å². The fourth-order valence-corrected chi connectivity index (χ4v) is 10.4. The number of hydrogen-bond donors (Lipinski definition) is 2. The Morgan fingerprint density at radius 3 is 2.03 bits per heavy atom. The van der Waals surface area contributed by atoms with Crippen LogP contribution in [-0.4, -0.2) is 127 Å². The maximum atomic E-state index is 14.2. The molecule has 1 saturated heterocycles. The third kappa shape index (κ3) is 11.8. The minimum absolute atomic E-state index is 0.0373. The Morgan fingerprint density at radius 1 is 0.844 bits per heavy atom. The molecule has 0 radical (unpaired) electrons. The number of methoxy groups -OCH3 is 2. The van der Waals surface area contributed by atoms with Crippen LogP contribution in [0.15, 0.2) is 78.9 Å². The lowest BCUT2D eigenvalue weighted by atomic mass is 9.90. The van der Waals surface area contributed by atoms with Gasteiger partial charge in [0.05, 0.1) is 54.5 Å². The number of nitrogens with zero attached hydrogens (tertiary/aromatic N) is 3. The van der Waals surface area contributed by atoms with Crippen molar-refractivity contribution in [1.29, 1.82) is 0 Å². The van der Waals surface area contributed by atoms with E-state index in [0.717, 1.165) is 27.8 Å². The van der Waals surface area contributed by atoms with E-state index in [0.29, 0.717) is 25.8 Å². The van der Waals surface area contributed by atoms with Crippen molar-refractivity contribution in [2.24, 2.45) is 17.8 Å². The minimum Gasteiger partial charge on any atom is -0.593 e. The molecule has 14 nitrogen and oxygen atoms in total. The van der Waals surface area contributed by atoms with E-state index in [1.54, 1.807) is 18.9 Å². The van der Waals surface area contributed by atoms with Gasteiger partial charge in [-0.3, -0.25) is 24.1 Å². The molecular formula is C49H67N5O9S. The Labute approximate surface area is 382 Å². The van der Waals surface area contributed by atoms with E-state index in [2.05, 4.69) is 22.2 Å². The van der Waals surface area contributed by atoms with Gasteiger partial charge in [-0.15, -0.1) is 0 Å². The van der Waals surface area contributed by atoms with Gasteiger partial charge in [0.2, 0.25) is 17.7 Å². The van der Waals surface area contributed by atoms with Gasteiger partial charge in [0, 0.05) is 46.3 Å². The number of rotatable bonds is 21. The molecule has 1 aliphatic heterocycles. The lowest BCUT2D eigenvalue weighted by molar-refractivity contribution is -0.145. The van der Waals surface area contributed by atoms with Crippen LogP contribution in [0, 0.1) is 17.8 Å². The van der Waals surface area contributed by atoms with E-state index in [1.165, 1.54) is 31.1 Å². The van der Waals surface area contributed by atoms with E-state index in [9.17, 15) is 28.5 Å². The summed E-state index contributed by atoms with van der Waals surface area (Å²) in [5.74, 6) is -2.58. The first kappa shape index (κ1) is 50.0. The van der Waals surface area contributed by atoms with Gasteiger partial charge in [0.15, 0.2) is 5.75 Å². The maximum Gasteiger partial charge on any atom is 0.410 e. The fraction of sp³-hybridized carbons (Fsp3) is 0.531. The summed E-state index contributed by atoms with van der Waals surface area (Å²) in [6, 6.07) is 23.5. The standard InChI is InChI=1S/C49H67N5O9S/c1-10-32(4)45(41(61-8)27-42(55)54-26-18-25-40(54)46(62-9)33(5)47(57)51-64(60)30-34-19-12-11-13-20-34)52(6)43(56)28-50-48(58)44(31(2)3)53(7)49(59)63-29-39-37-23-16-14-21-35(37)36-22-15-17-24-38(36)39/h11-17,19-24,31-33,39-41,44-46H,10,18,25-30H2,1-9H3,(H,50,58)(H,51,57). The van der Waals surface area contributed by atoms with Crippen LogP contribution >= 0.6 is 0 Å². The van der Waals surface area contributed by atoms with Crippen LogP contribution in [0.3, 0.4) is 0 Å². The summed E-state index contributed by atoms with van der Waals surface area (Å²) in [7, 11) is 6.20. The second-order valence-electron chi connectivity index (χ2n) is 17.4. The van der Waals surface area contributed by atoms with Gasteiger partial charge in [-0.25, -0.2) is 4.79 Å². The van der Waals surface area contributed by atoms with Gasteiger partial charge in [-0.1, -0.05) is 120 Å². The SMILES string of the molecule is CCC(C)C(C(CC(=O)N1CCCC1C(OC)C(C)C(=O)N[S+]([O-])Cc1ccccc1)OC)N(C)C(=O)CNC(=O)C(C(C)C)N(C)C(=O)OCC1c2ccccc2-c2ccccc21. The van der Waals surface area contributed by atoms with Crippen molar-refractivity contribution in [2.45, 2.75) is 102 Å². The van der Waals surface area contributed by atoms with Gasteiger partial charge >= 0.3 is 6.09 Å². The van der Waals surface area contributed by atoms with Crippen molar-refractivity contribution in [3.05, 3.63) is 95.6 Å². The van der Waals surface area contributed by atoms with Crippen molar-refractivity contribution in [3.8, 4) is 11.1 Å². The van der Waals surface area contributed by atoms with Crippen LogP contribution in [0.25, 0.3) is 11.1 Å². The largest absolute Gasteiger partial charge is 0.593 e. The summed E-state index contributed by atoms with van der Waals surface area (Å²) in [4.78, 5) is 73.2. The molecular weight excluding hydrogens is 835 g/mol. The van der Waals surface area contributed by atoms with E-state index < -0.39 is 65.5 Å². The van der Waals surface area contributed by atoms with Crippen molar-refractivity contribution in [1.82, 2.24) is 24.7 Å². The second-order valence-corrected chi connectivity index (χ2v) is 18.6. The van der Waals surface area contributed by atoms with Crippen LogP contribution in [0.5, 0.6) is 0 Å². The average Bonchev–Trinajstić information content (AvgIpc) is 3.90. The molecule has 1 heterocycles. The molecule has 3 aromatic rings. The Hall–Kier alpha value is -4.96. The molecule has 3 aromatic carbocycles. The molecule has 1 fully saturated rings. The minimum atomic E-state index is -1.64. The number of carbonyl (C=O) groups is 5. The smallest absolute Gasteiger partial charge is 0.410 e. The van der Waals surface area contributed by atoms with E-state index in [1.807, 2.05) is 94.4 Å². The number of likely N-dealkylation sites (tertiary alicyclic amines) is 1. The van der Waals surface area contributed by atoms with Crippen molar-refractivity contribution < 1.29 is 42.7 Å². The highest BCUT2D eigenvalue weighted by Gasteiger charge is 2.43. The number of hydrogen-bond acceptors (Lipinski definition) is 9. The second kappa shape index (κ2) is 23.3. The van der Waals surface area contributed by atoms with Crippen LogP contribution in [-0.2, 0) is 50.5 Å². The molecule has 8 atom stereocenters. The molecule has 0 aromatic heterocycles. The monoisotopic (exact) mass is 901 g/mol. The number of carbonyl (C=O) groups excluding carboxylic acids is 5. The van der Waals surface area contributed by atoms with E-state index in [4.69, 9.17) is 14.2 Å². The number of fused-ring (bicyclic) bond motifs is 3. The summed E-state index contributed by atoms with van der Waals surface area (Å²) < 4.78 is 33.1. The number of amides is 5. The summed E-state index contributed by atoms with van der Waals surface area (Å²) in [6.07, 6.45) is -0.0235. The summed E-state index contributed by atoms with van der Waals surface area (Å²) in [5.41, 5.74) is 5.22. The van der Waals surface area contributed by atoms with Gasteiger partial charge in [0.25, 0.3) is 5.91 Å². The Balaban J connectivity index is 1.18. The average molecular weight is 902 g/mol. The number of ether oxygens (including phenoxy) is 3. The Morgan fingerprint density at radius 2 is 1.45 bits per heavy atom. The first-order valence-electron chi connectivity index (χ1n) is 22.3. The molecule has 0 bridgehead atoms. The normalized spacial score (nSPS) is 17.9. The molecule has 64 heavy (non-hydrogen) atoms. The van der Waals surface area contributed by atoms with Gasteiger partial charge in [0.1, 0.15) is 12.6 Å². The van der Waals surface area contributed by atoms with Crippen LogP contribution in [0.4, 0.5) is 4.79 Å². The first-order valence-corrected chi connectivity index (χ1v) is 23.6. The zero-order chi connectivity index (χ0) is 46.7. The highest BCUT2D eigenvalue weighted by molar-refractivity contribution is 7.89. The molecule has 8 unspecified atom stereocenters. The summed E-state index contributed by atoms with van der Waals surface area (Å²) >= 11 is -1.64. The van der Waals surface area contributed by atoms with Gasteiger partial charge < -0.3 is 33.9 Å². The van der Waals surface area contributed by atoms with Crippen LogP contribution < -0.4 is 10.0 Å². The van der Waals surface area contributed by atoms with Gasteiger partial charge in [-0.05, 0) is 46.9 Å². The zero-order valence-corrected chi connectivity index (χ0v) is 39.6. The highest BCUT2D eigenvalue weighted by atomic mass is 32.2.